The number of aliphatic hydroxyl groups is 44. The molecule has 0 heterocycles. The molecule has 0 radical (unpaired) electrons. The zero-order valence-electron chi connectivity index (χ0n) is 95.3. The average Bonchev–Trinajstić information content (AvgIpc) is 0.904. The third kappa shape index (κ3) is 162. The van der Waals surface area contributed by atoms with Gasteiger partial charge >= 0.3 is 0 Å². The van der Waals surface area contributed by atoms with Crippen LogP contribution in [-0.4, -0.2) is 499 Å². The van der Waals surface area contributed by atoms with E-state index in [1.165, 1.54) is 20.8 Å². The molecule has 44 heteroatoms. The standard InChI is InChI=1S/14C7H16O3.C7H16O2/c1-5(8)3-4-7(10)6(2)9;1-6(9)2-3-7(10)4-5-8;1-6(9)3-2-4-7(10)5-8;1-6(9)7(10)4-2-3-5-8;1-3-6(9)4-7(10)5(2)8;1-3-6(9)7(10)4-5(2)8;1-3-4-6(9)7(10)5(2)8;1-2-6(9)5-7(10)3-4-8;1-2-6(9)3-4-7(10)5-8;1-2-3-6(9)4-7(10)5-8;1-2-3-6(9)7(10)4-5-8;1-2-3-4-6(9)7(10)5-8;8-5-2-1-3-7(10)4-6-9;8-5-3-1-2-4-7(10)6-9;1-4-6(8)7(3,9)5-2/h5-10H,3-4H2,1-2H3;3*6-10H,2-5H2,1H3;3*5-10H,3-4H2,1-2H3;5*6-10H,2-5H2,1H3;2*7-10H,1-6H2;6,8-9H,4-5H2,1-3H3. The van der Waals surface area contributed by atoms with E-state index in [0.29, 0.717) is 167 Å². The second-order valence-electron chi connectivity index (χ2n) is 38.1. The van der Waals surface area contributed by atoms with E-state index in [1.807, 2.05) is 62.3 Å². The summed E-state index contributed by atoms with van der Waals surface area (Å²) in [4.78, 5) is 0. The molecule has 0 aromatic rings. The molecule has 0 amide bonds. The fourth-order valence-corrected chi connectivity index (χ4v) is 11.1. The first kappa shape index (κ1) is 180. The van der Waals surface area contributed by atoms with E-state index in [2.05, 4.69) is 0 Å². The minimum atomic E-state index is -1.00. The van der Waals surface area contributed by atoms with Crippen molar-refractivity contribution in [1.82, 2.24) is 0 Å². The summed E-state index contributed by atoms with van der Waals surface area (Å²) in [5, 5.41) is 387. The van der Waals surface area contributed by atoms with Crippen LogP contribution >= 0.6 is 0 Å². The van der Waals surface area contributed by atoms with Crippen LogP contribution in [0.5, 0.6) is 0 Å². The Hall–Kier alpha value is -1.76. The van der Waals surface area contributed by atoms with Crippen LogP contribution in [0.2, 0.25) is 0 Å². The van der Waals surface area contributed by atoms with Crippen LogP contribution in [0, 0.1) is 0 Å². The fourth-order valence-electron chi connectivity index (χ4n) is 11.1. The molecule has 0 bridgehead atoms. The summed E-state index contributed by atoms with van der Waals surface area (Å²) in [6, 6.07) is 0. The van der Waals surface area contributed by atoms with Crippen molar-refractivity contribution in [1.29, 1.82) is 0 Å². The van der Waals surface area contributed by atoms with Gasteiger partial charge in [-0.15, -0.1) is 0 Å². The number of hydrogen-bond donors (Lipinski definition) is 44. The van der Waals surface area contributed by atoms with E-state index >= 15 is 0 Å². The molecule has 44 nitrogen and oxygen atoms in total. The number of aliphatic hydroxyl groups excluding tert-OH is 43. The van der Waals surface area contributed by atoms with Crippen molar-refractivity contribution in [2.75, 3.05) is 79.3 Å². The normalized spacial score (nSPS) is 17.5. The molecule has 0 rings (SSSR count). The van der Waals surface area contributed by atoms with Crippen molar-refractivity contribution < 1.29 is 225 Å². The Bertz CT molecular complexity index is 2290. The molecule has 0 saturated carbocycles. The molecule has 0 saturated heterocycles. The molecular formula is C105H240O44. The molecule has 0 aliphatic rings. The van der Waals surface area contributed by atoms with Gasteiger partial charge in [-0.05, 0) is 268 Å². The monoisotopic (exact) mass is 2210 g/mol. The Balaban J connectivity index is -0.0000000993. The third-order valence-electron chi connectivity index (χ3n) is 22.1. The highest BCUT2D eigenvalue weighted by Crippen LogP contribution is 2.18. The van der Waals surface area contributed by atoms with Crippen molar-refractivity contribution in [2.45, 2.75) is 596 Å². The van der Waals surface area contributed by atoms with Crippen LogP contribution in [0.3, 0.4) is 0 Å². The van der Waals surface area contributed by atoms with Gasteiger partial charge in [0.15, 0.2) is 0 Å². The van der Waals surface area contributed by atoms with Gasteiger partial charge in [-0.2, -0.15) is 0 Å². The molecule has 924 valence electrons. The summed E-state index contributed by atoms with van der Waals surface area (Å²) in [5.41, 5.74) is -0.894. The summed E-state index contributed by atoms with van der Waals surface area (Å²) in [7, 11) is 0. The van der Waals surface area contributed by atoms with Crippen molar-refractivity contribution in [3.05, 3.63) is 0 Å². The van der Waals surface area contributed by atoms with E-state index < -0.39 is 177 Å². The van der Waals surface area contributed by atoms with Crippen molar-refractivity contribution in [2.24, 2.45) is 0 Å². The molecule has 32 atom stereocenters. The van der Waals surface area contributed by atoms with Gasteiger partial charge in [0, 0.05) is 65.5 Å². The maximum absolute atomic E-state index is 9.34. The van der Waals surface area contributed by atoms with Gasteiger partial charge < -0.3 is 225 Å². The van der Waals surface area contributed by atoms with Gasteiger partial charge in [-0.25, -0.2) is 0 Å². The average molecular weight is 2210 g/mol. The molecule has 0 aromatic carbocycles. The Labute approximate surface area is 896 Å². The van der Waals surface area contributed by atoms with Crippen LogP contribution in [0.25, 0.3) is 0 Å². The molecule has 149 heavy (non-hydrogen) atoms. The maximum Gasteiger partial charge on any atom is 0.105 e. The molecule has 44 N–H and O–H groups in total. The van der Waals surface area contributed by atoms with E-state index in [4.69, 9.17) is 220 Å². The fraction of sp³-hybridized carbons (Fsp3) is 1.00. The lowest BCUT2D eigenvalue weighted by Gasteiger charge is -2.26. The predicted octanol–water partition coefficient (Wildman–Crippen LogP) is -0.615. The first-order valence-electron chi connectivity index (χ1n) is 54.6. The van der Waals surface area contributed by atoms with Gasteiger partial charge in [0.1, 0.15) is 12.2 Å². The maximum atomic E-state index is 9.34. The SMILES string of the molecule is CC(O)C(O)CCCCO.CC(O)CCC(O)C(C)O.CC(O)CCC(O)CCO.CC(O)CCCC(O)CO.CCC(O)C(C)(O)CC.CCC(O)C(O)CC(C)O.CCC(O)CC(O)C(C)O.CCC(O)CC(O)CCO.CCC(O)CCC(O)CO.CCCC(O)C(O)C(C)O.CCCC(O)C(O)CCO.CCCC(O)CC(O)CO.CCCCC(O)C(O)CO.OCCCCC(O)CCO.OCCCCCC(O)CO. The van der Waals surface area contributed by atoms with Crippen molar-refractivity contribution in [3.8, 4) is 0 Å². The lowest BCUT2D eigenvalue weighted by Crippen LogP contribution is -2.37. The van der Waals surface area contributed by atoms with Gasteiger partial charge in [0.05, 0.1) is 216 Å². The summed E-state index contributed by atoms with van der Waals surface area (Å²) >= 11 is 0. The highest BCUT2D eigenvalue weighted by atomic mass is 16.4. The van der Waals surface area contributed by atoms with Crippen molar-refractivity contribution in [3.63, 3.8) is 0 Å². The first-order chi connectivity index (χ1) is 69.5. The molecule has 32 unspecified atom stereocenters. The van der Waals surface area contributed by atoms with Crippen LogP contribution in [0.1, 0.15) is 401 Å². The van der Waals surface area contributed by atoms with Gasteiger partial charge in [-0.3, -0.25) is 0 Å². The lowest BCUT2D eigenvalue weighted by atomic mass is 9.94. The van der Waals surface area contributed by atoms with E-state index in [1.54, 1.807) is 48.5 Å². The molecule has 0 spiro atoms. The molecule has 0 aromatic heterocycles. The van der Waals surface area contributed by atoms with E-state index in [0.717, 1.165) is 77.0 Å². The number of hydrogen-bond acceptors (Lipinski definition) is 44. The first-order valence-corrected chi connectivity index (χ1v) is 54.6. The predicted molar refractivity (Wildman–Crippen MR) is 578 cm³/mol. The van der Waals surface area contributed by atoms with Crippen molar-refractivity contribution >= 4 is 0 Å². The van der Waals surface area contributed by atoms with Crippen LogP contribution in [-0.2, 0) is 0 Å². The lowest BCUT2D eigenvalue weighted by molar-refractivity contribution is -0.0647. The summed E-state index contributed by atoms with van der Waals surface area (Å²) in [6.07, 6.45) is 6.51. The van der Waals surface area contributed by atoms with Crippen LogP contribution in [0.4, 0.5) is 0 Å². The quantitative estimate of drug-likeness (QED) is 0.0338. The zero-order valence-corrected chi connectivity index (χ0v) is 95.3. The highest BCUT2D eigenvalue weighted by molar-refractivity contribution is 4.79. The van der Waals surface area contributed by atoms with Crippen LogP contribution < -0.4 is 0 Å². The second kappa shape index (κ2) is 135. The summed E-state index contributed by atoms with van der Waals surface area (Å²) in [5.74, 6) is 0. The van der Waals surface area contributed by atoms with Gasteiger partial charge in [0.2, 0.25) is 0 Å². The molecule has 0 fully saturated rings. The summed E-state index contributed by atoms with van der Waals surface area (Å²) < 4.78 is 0. The van der Waals surface area contributed by atoms with Gasteiger partial charge in [0.25, 0.3) is 0 Å². The Morgan fingerprint density at radius 3 is 0.846 bits per heavy atom. The Kier molecular flexibility index (Phi) is 163. The largest absolute Gasteiger partial charge is 0.396 e. The van der Waals surface area contributed by atoms with Gasteiger partial charge in [-0.1, -0.05) is 114 Å². The topological polar surface area (TPSA) is 890 Å². The van der Waals surface area contributed by atoms with E-state index in [-0.39, 0.29) is 123 Å². The smallest absolute Gasteiger partial charge is 0.105 e. The zero-order chi connectivity index (χ0) is 120. The second-order valence-corrected chi connectivity index (χ2v) is 38.1. The Morgan fingerprint density at radius 2 is 0.497 bits per heavy atom. The Morgan fingerprint density at radius 1 is 0.174 bits per heavy atom. The number of rotatable bonds is 71. The van der Waals surface area contributed by atoms with Crippen LogP contribution in [0.15, 0.2) is 0 Å². The minimum absolute atomic E-state index is 0.0149. The molecular weight excluding hydrogens is 1970 g/mol. The highest BCUT2D eigenvalue weighted by Gasteiger charge is 2.27. The summed E-state index contributed by atoms with van der Waals surface area (Å²) in [6.45, 7) is 32.6. The van der Waals surface area contributed by atoms with E-state index in [9.17, 15) is 5.11 Å². The molecule has 0 aliphatic heterocycles. The minimum Gasteiger partial charge on any atom is -0.396 e. The third-order valence-corrected chi connectivity index (χ3v) is 22.1. The molecule has 0 aliphatic carbocycles. The number of unbranched alkanes of at least 4 members (excludes halogenated alkanes) is 5.